The van der Waals surface area contributed by atoms with Crippen LogP contribution in [0.4, 0.5) is 10.5 Å². The number of para-hydroxylation sites is 1. The lowest BCUT2D eigenvalue weighted by Crippen LogP contribution is -2.53. The number of anilines is 1. The van der Waals surface area contributed by atoms with Gasteiger partial charge in [0.1, 0.15) is 0 Å². The zero-order chi connectivity index (χ0) is 20.9. The molecule has 1 atom stereocenters. The summed E-state index contributed by atoms with van der Waals surface area (Å²) in [4.78, 5) is 16.9. The summed E-state index contributed by atoms with van der Waals surface area (Å²) in [6.07, 6.45) is 6.53. The highest BCUT2D eigenvalue weighted by Crippen LogP contribution is 2.21. The van der Waals surface area contributed by atoms with Gasteiger partial charge in [-0.1, -0.05) is 24.6 Å². The molecule has 0 aromatic heterocycles. The molecule has 0 radical (unpaired) electrons. The number of urea groups is 1. The van der Waals surface area contributed by atoms with Crippen LogP contribution in [0.2, 0.25) is 0 Å². The number of benzene rings is 1. The first-order valence-corrected chi connectivity index (χ1v) is 12.5. The van der Waals surface area contributed by atoms with Crippen molar-refractivity contribution in [2.75, 3.05) is 50.8 Å². The van der Waals surface area contributed by atoms with E-state index in [0.717, 1.165) is 43.7 Å². The molecule has 0 bridgehead atoms. The molecule has 3 rings (SSSR count). The number of hydrogen-bond donors (Lipinski definition) is 1. The van der Waals surface area contributed by atoms with Gasteiger partial charge in [-0.15, -0.1) is 0 Å². The second-order valence-electron chi connectivity index (χ2n) is 8.26. The smallest absolute Gasteiger partial charge is 0.321 e. The van der Waals surface area contributed by atoms with Crippen LogP contribution in [0.25, 0.3) is 0 Å². The van der Waals surface area contributed by atoms with Gasteiger partial charge in [-0.2, -0.15) is 4.31 Å². The summed E-state index contributed by atoms with van der Waals surface area (Å²) in [5, 5.41) is 2.97. The standard InChI is InChI=1S/C21H34N4O3S/c1-18-9-4-5-11-20(18)22-21(26)24-14-8-10-19(17-24)25(29(2,27)28)16-15-23-12-6-3-7-13-23/h4-5,9,11,19H,3,6-8,10,12-17H2,1-2H3,(H,22,26). The lowest BCUT2D eigenvalue weighted by Gasteiger charge is -2.39. The number of amides is 2. The largest absolute Gasteiger partial charge is 0.323 e. The van der Waals surface area contributed by atoms with E-state index in [9.17, 15) is 13.2 Å². The highest BCUT2D eigenvalue weighted by Gasteiger charge is 2.33. The second kappa shape index (κ2) is 9.91. The first kappa shape index (κ1) is 22.1. The SMILES string of the molecule is Cc1ccccc1NC(=O)N1CCCC(N(CCN2CCCCC2)S(C)(=O)=O)C1. The molecule has 162 valence electrons. The lowest BCUT2D eigenvalue weighted by atomic mass is 10.1. The van der Waals surface area contributed by atoms with Gasteiger partial charge in [-0.25, -0.2) is 13.2 Å². The maximum absolute atomic E-state index is 12.8. The number of sulfonamides is 1. The van der Waals surface area contributed by atoms with E-state index in [2.05, 4.69) is 10.2 Å². The summed E-state index contributed by atoms with van der Waals surface area (Å²) in [5.74, 6) is 0. The number of aryl methyl sites for hydroxylation is 1. The van der Waals surface area contributed by atoms with Crippen molar-refractivity contribution in [3.8, 4) is 0 Å². The Kier molecular flexibility index (Phi) is 7.54. The lowest BCUT2D eigenvalue weighted by molar-refractivity contribution is 0.146. The molecular formula is C21H34N4O3S. The molecule has 2 amide bonds. The molecule has 8 heteroatoms. The van der Waals surface area contributed by atoms with E-state index in [-0.39, 0.29) is 12.1 Å². The molecular weight excluding hydrogens is 388 g/mol. The molecule has 1 unspecified atom stereocenters. The Bertz CT molecular complexity index is 793. The van der Waals surface area contributed by atoms with Gasteiger partial charge in [0.2, 0.25) is 10.0 Å². The van der Waals surface area contributed by atoms with E-state index in [4.69, 9.17) is 0 Å². The maximum atomic E-state index is 12.8. The van der Waals surface area contributed by atoms with Crippen molar-refractivity contribution in [3.63, 3.8) is 0 Å². The van der Waals surface area contributed by atoms with Gasteiger partial charge >= 0.3 is 6.03 Å². The van der Waals surface area contributed by atoms with Crippen LogP contribution in [-0.4, -0.2) is 80.1 Å². The quantitative estimate of drug-likeness (QED) is 0.765. The van der Waals surface area contributed by atoms with Gasteiger partial charge in [0, 0.05) is 37.9 Å². The van der Waals surface area contributed by atoms with Crippen molar-refractivity contribution in [3.05, 3.63) is 29.8 Å². The van der Waals surface area contributed by atoms with Crippen LogP contribution < -0.4 is 5.32 Å². The molecule has 1 aromatic rings. The third kappa shape index (κ3) is 6.17. The average molecular weight is 423 g/mol. The Hall–Kier alpha value is -1.64. The molecule has 1 aromatic carbocycles. The fraction of sp³-hybridized carbons (Fsp3) is 0.667. The molecule has 1 N–H and O–H groups in total. The van der Waals surface area contributed by atoms with E-state index in [1.54, 1.807) is 9.21 Å². The van der Waals surface area contributed by atoms with Crippen molar-refractivity contribution in [1.82, 2.24) is 14.1 Å². The summed E-state index contributed by atoms with van der Waals surface area (Å²) >= 11 is 0. The maximum Gasteiger partial charge on any atom is 0.321 e. The van der Waals surface area contributed by atoms with Crippen LogP contribution in [0.5, 0.6) is 0 Å². The van der Waals surface area contributed by atoms with Gasteiger partial charge < -0.3 is 15.1 Å². The third-order valence-corrected chi connectivity index (χ3v) is 7.32. The molecule has 2 heterocycles. The molecule has 2 aliphatic heterocycles. The van der Waals surface area contributed by atoms with Crippen LogP contribution in [-0.2, 0) is 10.0 Å². The molecule has 7 nitrogen and oxygen atoms in total. The van der Waals surface area contributed by atoms with Crippen LogP contribution in [0.1, 0.15) is 37.7 Å². The minimum absolute atomic E-state index is 0.159. The second-order valence-corrected chi connectivity index (χ2v) is 10.2. The zero-order valence-corrected chi connectivity index (χ0v) is 18.5. The third-order valence-electron chi connectivity index (χ3n) is 5.99. The number of rotatable bonds is 6. The zero-order valence-electron chi connectivity index (χ0n) is 17.6. The summed E-state index contributed by atoms with van der Waals surface area (Å²) in [7, 11) is -3.33. The first-order chi connectivity index (χ1) is 13.8. The fourth-order valence-electron chi connectivity index (χ4n) is 4.32. The Morgan fingerprint density at radius 3 is 2.55 bits per heavy atom. The average Bonchev–Trinajstić information content (AvgIpc) is 2.70. The number of carbonyl (C=O) groups is 1. The van der Waals surface area contributed by atoms with Gasteiger partial charge in [0.25, 0.3) is 0 Å². The normalized spacial score (nSPS) is 21.3. The summed E-state index contributed by atoms with van der Waals surface area (Å²) in [5.41, 5.74) is 1.80. The minimum atomic E-state index is -3.33. The Labute approximate surface area is 175 Å². The van der Waals surface area contributed by atoms with Crippen LogP contribution in [0, 0.1) is 6.92 Å². The van der Waals surface area contributed by atoms with Crippen LogP contribution >= 0.6 is 0 Å². The van der Waals surface area contributed by atoms with E-state index in [1.807, 2.05) is 31.2 Å². The van der Waals surface area contributed by atoms with Crippen LogP contribution in [0.15, 0.2) is 24.3 Å². The summed E-state index contributed by atoms with van der Waals surface area (Å²) < 4.78 is 26.6. The molecule has 29 heavy (non-hydrogen) atoms. The molecule has 2 saturated heterocycles. The molecule has 2 aliphatic rings. The van der Waals surface area contributed by atoms with Crippen molar-refractivity contribution < 1.29 is 13.2 Å². The topological polar surface area (TPSA) is 73.0 Å². The van der Waals surface area contributed by atoms with Crippen molar-refractivity contribution in [1.29, 1.82) is 0 Å². The van der Waals surface area contributed by atoms with Crippen molar-refractivity contribution in [2.24, 2.45) is 0 Å². The number of hydrogen-bond acceptors (Lipinski definition) is 4. The van der Waals surface area contributed by atoms with E-state index < -0.39 is 10.0 Å². The number of nitrogens with one attached hydrogen (secondary N) is 1. The number of carbonyl (C=O) groups excluding carboxylic acids is 1. The summed E-state index contributed by atoms with van der Waals surface area (Å²) in [6, 6.07) is 7.36. The van der Waals surface area contributed by atoms with E-state index in [1.165, 1.54) is 25.5 Å². The molecule has 0 spiro atoms. The highest BCUT2D eigenvalue weighted by atomic mass is 32.2. The van der Waals surface area contributed by atoms with E-state index >= 15 is 0 Å². The summed E-state index contributed by atoms with van der Waals surface area (Å²) in [6.45, 7) is 6.40. The number of nitrogens with zero attached hydrogens (tertiary/aromatic N) is 3. The van der Waals surface area contributed by atoms with Gasteiger partial charge in [-0.3, -0.25) is 0 Å². The van der Waals surface area contributed by atoms with Gasteiger partial charge in [-0.05, 0) is 57.3 Å². The highest BCUT2D eigenvalue weighted by molar-refractivity contribution is 7.88. The van der Waals surface area contributed by atoms with Crippen molar-refractivity contribution in [2.45, 2.75) is 45.1 Å². The minimum Gasteiger partial charge on any atom is -0.323 e. The predicted octanol–water partition coefficient (Wildman–Crippen LogP) is 2.74. The molecule has 0 saturated carbocycles. The van der Waals surface area contributed by atoms with Gasteiger partial charge in [0.15, 0.2) is 0 Å². The van der Waals surface area contributed by atoms with Gasteiger partial charge in [0.05, 0.1) is 6.26 Å². The Balaban J connectivity index is 1.62. The van der Waals surface area contributed by atoms with E-state index in [0.29, 0.717) is 19.6 Å². The van der Waals surface area contributed by atoms with Crippen LogP contribution in [0.3, 0.4) is 0 Å². The molecule has 2 fully saturated rings. The Morgan fingerprint density at radius 1 is 1.14 bits per heavy atom. The van der Waals surface area contributed by atoms with Crippen molar-refractivity contribution >= 4 is 21.7 Å². The first-order valence-electron chi connectivity index (χ1n) is 10.7. The number of piperidine rings is 2. The fourth-order valence-corrected chi connectivity index (χ4v) is 5.45. The molecule has 0 aliphatic carbocycles. The Morgan fingerprint density at radius 2 is 1.86 bits per heavy atom. The predicted molar refractivity (Wildman–Crippen MR) is 117 cm³/mol. The monoisotopic (exact) mass is 422 g/mol. The number of likely N-dealkylation sites (tertiary alicyclic amines) is 2.